The predicted octanol–water partition coefficient (Wildman–Crippen LogP) is 9.95. The highest BCUT2D eigenvalue weighted by Gasteiger charge is 2.18. The Bertz CT molecular complexity index is 986. The lowest BCUT2D eigenvalue weighted by Crippen LogP contribution is -2.00. The molecule has 0 aliphatic heterocycles. The van der Waals surface area contributed by atoms with Crippen molar-refractivity contribution in [2.75, 3.05) is 0 Å². The Morgan fingerprint density at radius 3 is 0.875 bits per heavy atom. The lowest BCUT2D eigenvalue weighted by Gasteiger charge is -2.21. The van der Waals surface area contributed by atoms with Crippen LogP contribution in [0.25, 0.3) is 32.3 Å². The number of aryl methyl sites for hydroxylation is 4. The van der Waals surface area contributed by atoms with E-state index in [4.69, 9.17) is 0 Å². The van der Waals surface area contributed by atoms with E-state index in [0.717, 1.165) is 0 Å². The van der Waals surface area contributed by atoms with Gasteiger partial charge < -0.3 is 0 Å². The molecular weight excluding hydrogens is 384 g/mol. The summed E-state index contributed by atoms with van der Waals surface area (Å²) in [4.78, 5) is 0. The minimum atomic E-state index is 1.20. The smallest absolute Gasteiger partial charge is 0.00211 e. The van der Waals surface area contributed by atoms with E-state index in [1.54, 1.807) is 33.0 Å². The van der Waals surface area contributed by atoms with Crippen LogP contribution in [0.4, 0.5) is 0 Å². The van der Waals surface area contributed by atoms with Gasteiger partial charge in [-0.25, -0.2) is 0 Å². The zero-order valence-electron chi connectivity index (χ0n) is 20.9. The highest BCUT2D eigenvalue weighted by Crippen LogP contribution is 2.41. The molecule has 0 aromatic heterocycles. The second-order valence-corrected chi connectivity index (χ2v) is 9.88. The molecule has 0 N–H and O–H groups in total. The van der Waals surface area contributed by atoms with Gasteiger partial charge in [0.2, 0.25) is 0 Å². The van der Waals surface area contributed by atoms with E-state index in [-0.39, 0.29) is 0 Å². The van der Waals surface area contributed by atoms with E-state index >= 15 is 0 Å². The molecule has 0 bridgehead atoms. The van der Waals surface area contributed by atoms with E-state index in [0.29, 0.717) is 0 Å². The second-order valence-electron chi connectivity index (χ2n) is 9.88. The summed E-state index contributed by atoms with van der Waals surface area (Å²) >= 11 is 0. The molecule has 4 aromatic rings. The van der Waals surface area contributed by atoms with Crippen LogP contribution in [0.15, 0.2) is 36.4 Å². The maximum atomic E-state index is 2.56. The van der Waals surface area contributed by atoms with Crippen molar-refractivity contribution in [1.82, 2.24) is 0 Å². The Hall–Kier alpha value is -2.08. The van der Waals surface area contributed by atoms with Crippen LogP contribution in [0.1, 0.15) is 101 Å². The number of hydrogen-bond donors (Lipinski definition) is 0. The van der Waals surface area contributed by atoms with E-state index in [9.17, 15) is 0 Å². The Labute approximate surface area is 195 Å². The highest BCUT2D eigenvalue weighted by atomic mass is 14.2. The van der Waals surface area contributed by atoms with Gasteiger partial charge in [0.1, 0.15) is 0 Å². The molecule has 0 fully saturated rings. The van der Waals surface area contributed by atoms with E-state index in [1.807, 2.05) is 0 Å². The third-order valence-corrected chi connectivity index (χ3v) is 7.44. The first-order chi connectivity index (χ1) is 15.7. The van der Waals surface area contributed by atoms with Crippen molar-refractivity contribution < 1.29 is 0 Å². The van der Waals surface area contributed by atoms with Crippen molar-refractivity contribution in [2.45, 2.75) is 105 Å². The second kappa shape index (κ2) is 10.7. The molecule has 0 heterocycles. The summed E-state index contributed by atoms with van der Waals surface area (Å²) in [6.07, 6.45) is 15.0. The van der Waals surface area contributed by atoms with Crippen molar-refractivity contribution in [2.24, 2.45) is 0 Å². The average molecular weight is 427 g/mol. The maximum absolute atomic E-state index is 2.56. The molecule has 0 heteroatoms. The SMILES string of the molecule is CCCCc1cc(CCCC)c2ccc3c(CCCC)cc(CCCC)c4ccc1c2c43. The Morgan fingerprint density at radius 2 is 0.656 bits per heavy atom. The number of benzene rings is 4. The Kier molecular flexibility index (Phi) is 7.71. The molecule has 0 radical (unpaired) electrons. The molecule has 0 nitrogen and oxygen atoms in total. The van der Waals surface area contributed by atoms with Crippen molar-refractivity contribution in [3.63, 3.8) is 0 Å². The van der Waals surface area contributed by atoms with Gasteiger partial charge in [-0.15, -0.1) is 0 Å². The van der Waals surface area contributed by atoms with Crippen molar-refractivity contribution in [1.29, 1.82) is 0 Å². The molecule has 32 heavy (non-hydrogen) atoms. The predicted molar refractivity (Wildman–Crippen MR) is 145 cm³/mol. The largest absolute Gasteiger partial charge is 0.0654 e. The molecule has 0 aliphatic carbocycles. The summed E-state index contributed by atoms with van der Waals surface area (Å²) in [6.45, 7) is 9.25. The van der Waals surface area contributed by atoms with Crippen LogP contribution in [0.3, 0.4) is 0 Å². The lowest BCUT2D eigenvalue weighted by atomic mass is 9.83. The fourth-order valence-electron chi connectivity index (χ4n) is 5.59. The highest BCUT2D eigenvalue weighted by molar-refractivity contribution is 6.25. The quantitative estimate of drug-likeness (QED) is 0.198. The molecule has 0 unspecified atom stereocenters. The van der Waals surface area contributed by atoms with Crippen LogP contribution in [0.2, 0.25) is 0 Å². The standard InChI is InChI=1S/C32H42/c1-5-9-13-23-21-24(14-10-6-2)28-19-20-30-26(16-12-8-4)22-25(15-11-7-3)29-18-17-27(23)31(28)32(29)30/h17-22H,5-16H2,1-4H3. The normalized spacial score (nSPS) is 12.0. The van der Waals surface area contributed by atoms with Gasteiger partial charge in [0.25, 0.3) is 0 Å². The molecule has 0 saturated carbocycles. The fraction of sp³-hybridized carbons (Fsp3) is 0.500. The molecule has 4 rings (SSSR count). The van der Waals surface area contributed by atoms with Gasteiger partial charge in [-0.3, -0.25) is 0 Å². The molecule has 0 amide bonds. The van der Waals surface area contributed by atoms with Crippen LogP contribution in [-0.4, -0.2) is 0 Å². The minimum Gasteiger partial charge on any atom is -0.0654 e. The summed E-state index contributed by atoms with van der Waals surface area (Å²) in [5.74, 6) is 0. The van der Waals surface area contributed by atoms with Gasteiger partial charge in [-0.2, -0.15) is 0 Å². The van der Waals surface area contributed by atoms with Crippen molar-refractivity contribution >= 4 is 32.3 Å². The van der Waals surface area contributed by atoms with E-state index in [1.165, 1.54) is 98.6 Å². The summed E-state index contributed by atoms with van der Waals surface area (Å²) < 4.78 is 0. The summed E-state index contributed by atoms with van der Waals surface area (Å²) in [5, 5.41) is 9.19. The van der Waals surface area contributed by atoms with Crippen molar-refractivity contribution in [3.05, 3.63) is 58.7 Å². The van der Waals surface area contributed by atoms with Crippen LogP contribution in [-0.2, 0) is 25.7 Å². The van der Waals surface area contributed by atoms with E-state index < -0.39 is 0 Å². The van der Waals surface area contributed by atoms with E-state index in [2.05, 4.69) is 64.1 Å². The van der Waals surface area contributed by atoms with Crippen LogP contribution in [0.5, 0.6) is 0 Å². The molecule has 170 valence electrons. The van der Waals surface area contributed by atoms with Crippen LogP contribution < -0.4 is 0 Å². The first-order valence-electron chi connectivity index (χ1n) is 13.5. The zero-order valence-corrected chi connectivity index (χ0v) is 20.9. The first-order valence-corrected chi connectivity index (χ1v) is 13.5. The van der Waals surface area contributed by atoms with Gasteiger partial charge in [0, 0.05) is 0 Å². The molecule has 0 aliphatic rings. The summed E-state index contributed by atoms with van der Waals surface area (Å²) in [6, 6.07) is 15.0. The van der Waals surface area contributed by atoms with Gasteiger partial charge in [-0.05, 0) is 106 Å². The fourth-order valence-corrected chi connectivity index (χ4v) is 5.59. The maximum Gasteiger partial charge on any atom is -0.00211 e. The molecule has 0 saturated heterocycles. The molecule has 0 atom stereocenters. The Balaban J connectivity index is 2.05. The van der Waals surface area contributed by atoms with Gasteiger partial charge >= 0.3 is 0 Å². The monoisotopic (exact) mass is 426 g/mol. The lowest BCUT2D eigenvalue weighted by molar-refractivity contribution is 0.785. The summed E-state index contributed by atoms with van der Waals surface area (Å²) in [5.41, 5.74) is 6.31. The topological polar surface area (TPSA) is 0 Å². The van der Waals surface area contributed by atoms with Gasteiger partial charge in [0.15, 0.2) is 0 Å². The van der Waals surface area contributed by atoms with Gasteiger partial charge in [0.05, 0.1) is 0 Å². The Morgan fingerprint density at radius 1 is 0.406 bits per heavy atom. The molecule has 0 spiro atoms. The molecular formula is C32H42. The minimum absolute atomic E-state index is 1.20. The van der Waals surface area contributed by atoms with Gasteiger partial charge in [-0.1, -0.05) is 89.8 Å². The van der Waals surface area contributed by atoms with Crippen molar-refractivity contribution in [3.8, 4) is 0 Å². The molecule has 4 aromatic carbocycles. The third kappa shape index (κ3) is 4.39. The van der Waals surface area contributed by atoms with Crippen LogP contribution >= 0.6 is 0 Å². The number of rotatable bonds is 12. The third-order valence-electron chi connectivity index (χ3n) is 7.44. The first kappa shape index (κ1) is 23.1. The number of hydrogen-bond acceptors (Lipinski definition) is 0. The summed E-state index contributed by atoms with van der Waals surface area (Å²) in [7, 11) is 0. The van der Waals surface area contributed by atoms with Crippen LogP contribution in [0, 0.1) is 0 Å². The average Bonchev–Trinajstić information content (AvgIpc) is 2.83. The zero-order chi connectivity index (χ0) is 22.5. The number of unbranched alkanes of at least 4 members (excludes halogenated alkanes) is 4.